The number of hydrogen-bond acceptors (Lipinski definition) is 4. The minimum Gasteiger partial charge on any atom is -0.394 e. The Bertz CT molecular complexity index is 931. The van der Waals surface area contributed by atoms with Gasteiger partial charge in [-0.1, -0.05) is 237 Å². The first-order valence-corrected chi connectivity index (χ1v) is 26.8. The fraction of sp³-hybridized carbons (Fsp3) is 0.873. The number of carbonyl (C=O) groups excluding carboxylic acids is 1. The molecule has 0 saturated carbocycles. The van der Waals surface area contributed by atoms with Crippen molar-refractivity contribution in [3.8, 4) is 0 Å². The minimum absolute atomic E-state index is 0.160. The van der Waals surface area contributed by atoms with Gasteiger partial charge in [0.1, 0.15) is 6.10 Å². The molecule has 60 heavy (non-hydrogen) atoms. The number of rotatable bonds is 49. The van der Waals surface area contributed by atoms with Gasteiger partial charge in [-0.3, -0.25) is 4.79 Å². The molecule has 0 saturated heterocycles. The summed E-state index contributed by atoms with van der Waals surface area (Å²) >= 11 is 0. The lowest BCUT2D eigenvalue weighted by Crippen LogP contribution is -2.50. The Labute approximate surface area is 374 Å². The Morgan fingerprint density at radius 2 is 0.683 bits per heavy atom. The van der Waals surface area contributed by atoms with Crippen LogP contribution in [0.5, 0.6) is 0 Å². The lowest BCUT2D eigenvalue weighted by Gasteiger charge is -2.26. The van der Waals surface area contributed by atoms with E-state index >= 15 is 0 Å². The Kier molecular flexibility index (Phi) is 49.0. The molecule has 0 rings (SSSR count). The highest BCUT2D eigenvalue weighted by Gasteiger charge is 2.26. The Hall–Kier alpha value is -1.43. The molecule has 0 heterocycles. The summed E-state index contributed by atoms with van der Waals surface area (Å²) in [6, 6.07) is -0.835. The minimum atomic E-state index is -1.17. The van der Waals surface area contributed by atoms with Gasteiger partial charge in [0.25, 0.3) is 0 Å². The van der Waals surface area contributed by atoms with Crippen LogP contribution in [-0.4, -0.2) is 46.1 Å². The first kappa shape index (κ1) is 58.6. The van der Waals surface area contributed by atoms with E-state index in [1.54, 1.807) is 0 Å². The number of aliphatic hydroxyl groups excluding tert-OH is 3. The molecule has 1 amide bonds. The maximum atomic E-state index is 12.5. The molecule has 354 valence electrons. The molecule has 0 aliphatic heterocycles. The highest BCUT2D eigenvalue weighted by Crippen LogP contribution is 2.16. The van der Waals surface area contributed by atoms with Crippen LogP contribution < -0.4 is 5.32 Å². The molecule has 5 heteroatoms. The number of carbonyl (C=O) groups is 1. The summed E-state index contributed by atoms with van der Waals surface area (Å²) in [6.45, 7) is 4.19. The van der Waals surface area contributed by atoms with E-state index in [1.807, 2.05) is 0 Å². The van der Waals surface area contributed by atoms with E-state index in [-0.39, 0.29) is 12.5 Å². The van der Waals surface area contributed by atoms with Crippen molar-refractivity contribution < 1.29 is 20.1 Å². The highest BCUT2D eigenvalue weighted by atomic mass is 16.3. The third-order valence-electron chi connectivity index (χ3n) is 12.4. The predicted molar refractivity (Wildman–Crippen MR) is 264 cm³/mol. The van der Waals surface area contributed by atoms with Gasteiger partial charge >= 0.3 is 0 Å². The molecule has 4 N–H and O–H groups in total. The van der Waals surface area contributed by atoms with Crippen LogP contribution in [0.1, 0.15) is 284 Å². The molecule has 0 spiro atoms. The van der Waals surface area contributed by atoms with Crippen LogP contribution in [0, 0.1) is 0 Å². The van der Waals surface area contributed by atoms with E-state index in [1.165, 1.54) is 212 Å². The van der Waals surface area contributed by atoms with E-state index in [0.717, 1.165) is 44.9 Å². The lowest BCUT2D eigenvalue weighted by atomic mass is 10.0. The van der Waals surface area contributed by atoms with Crippen LogP contribution >= 0.6 is 0 Å². The van der Waals surface area contributed by atoms with Crippen LogP contribution in [0.25, 0.3) is 0 Å². The molecule has 3 unspecified atom stereocenters. The van der Waals surface area contributed by atoms with Gasteiger partial charge < -0.3 is 20.6 Å². The number of allylic oxidation sites excluding steroid dienone is 6. The molecule has 0 aliphatic carbocycles. The quantitative estimate of drug-likeness (QED) is 0.0363. The topological polar surface area (TPSA) is 89.8 Å². The van der Waals surface area contributed by atoms with E-state index in [0.29, 0.717) is 12.8 Å². The molecule has 0 bridgehead atoms. The SMILES string of the molecule is CCCCCCCCCCCCC/C=C\CCCCCCCCCC(=O)NC(CO)C(O)C(O)CCC/C=C/CC/C=C/CCCCCCCCCCCCCCCCC. The van der Waals surface area contributed by atoms with Crippen LogP contribution in [0.15, 0.2) is 36.5 Å². The molecule has 0 aliphatic rings. The second-order valence-electron chi connectivity index (χ2n) is 18.4. The average Bonchev–Trinajstić information content (AvgIpc) is 3.25. The normalized spacial score (nSPS) is 13.6. The molecule has 0 aromatic rings. The van der Waals surface area contributed by atoms with Gasteiger partial charge in [-0.2, -0.15) is 0 Å². The highest BCUT2D eigenvalue weighted by molar-refractivity contribution is 5.76. The largest absolute Gasteiger partial charge is 0.394 e. The summed E-state index contributed by atoms with van der Waals surface area (Å²) in [5.74, 6) is -0.160. The number of amides is 1. The average molecular weight is 844 g/mol. The zero-order chi connectivity index (χ0) is 43.7. The van der Waals surface area contributed by atoms with Crippen molar-refractivity contribution in [3.05, 3.63) is 36.5 Å². The molecule has 0 fully saturated rings. The summed E-state index contributed by atoms with van der Waals surface area (Å²) in [5, 5.41) is 33.7. The number of unbranched alkanes of at least 4 members (excludes halogenated alkanes) is 35. The summed E-state index contributed by atoms with van der Waals surface area (Å²) in [4.78, 5) is 12.5. The summed E-state index contributed by atoms with van der Waals surface area (Å²) in [7, 11) is 0. The van der Waals surface area contributed by atoms with E-state index < -0.39 is 18.2 Å². The van der Waals surface area contributed by atoms with Gasteiger partial charge in [-0.25, -0.2) is 0 Å². The zero-order valence-electron chi connectivity index (χ0n) is 40.4. The number of aliphatic hydroxyl groups is 3. The van der Waals surface area contributed by atoms with Crippen molar-refractivity contribution in [1.82, 2.24) is 5.32 Å². The Morgan fingerprint density at radius 1 is 0.400 bits per heavy atom. The predicted octanol–water partition coefficient (Wildman–Crippen LogP) is 16.3. The standard InChI is InChI=1S/C55H105NO4/c1-3-5-7-9-11-13-15-17-19-21-23-25-27-28-29-31-33-35-37-39-41-43-45-47-49-53(58)55(60)52(51-57)56-54(59)50-48-46-44-42-40-38-36-34-32-30-26-24-22-20-18-16-14-12-10-8-6-4-2/h30,32-33,35,41,43,52-53,55,57-58,60H,3-29,31,34,36-40,42,44-51H2,1-2H3,(H,56,59)/b32-30-,35-33+,43-41+. The van der Waals surface area contributed by atoms with Crippen LogP contribution in [0.2, 0.25) is 0 Å². The van der Waals surface area contributed by atoms with Crippen molar-refractivity contribution in [2.45, 2.75) is 302 Å². The first-order valence-electron chi connectivity index (χ1n) is 26.8. The molecule has 5 nitrogen and oxygen atoms in total. The second kappa shape index (κ2) is 50.2. The summed E-state index contributed by atoms with van der Waals surface area (Å²) < 4.78 is 0. The van der Waals surface area contributed by atoms with Gasteiger partial charge in [-0.05, 0) is 77.0 Å². The van der Waals surface area contributed by atoms with Crippen molar-refractivity contribution in [1.29, 1.82) is 0 Å². The van der Waals surface area contributed by atoms with Crippen LogP contribution in [-0.2, 0) is 4.79 Å². The van der Waals surface area contributed by atoms with E-state index in [4.69, 9.17) is 0 Å². The molecule has 0 aromatic carbocycles. The van der Waals surface area contributed by atoms with Crippen molar-refractivity contribution in [2.24, 2.45) is 0 Å². The smallest absolute Gasteiger partial charge is 0.220 e. The molecule has 0 aromatic heterocycles. The van der Waals surface area contributed by atoms with Crippen LogP contribution in [0.4, 0.5) is 0 Å². The van der Waals surface area contributed by atoms with Gasteiger partial charge in [0.2, 0.25) is 5.91 Å². The van der Waals surface area contributed by atoms with Gasteiger partial charge in [-0.15, -0.1) is 0 Å². The maximum absolute atomic E-state index is 12.5. The van der Waals surface area contributed by atoms with Crippen LogP contribution in [0.3, 0.4) is 0 Å². The van der Waals surface area contributed by atoms with Gasteiger partial charge in [0.05, 0.1) is 18.8 Å². The Morgan fingerprint density at radius 3 is 1.02 bits per heavy atom. The Balaban J connectivity index is 3.63. The maximum Gasteiger partial charge on any atom is 0.220 e. The van der Waals surface area contributed by atoms with Crippen molar-refractivity contribution in [3.63, 3.8) is 0 Å². The first-order chi connectivity index (χ1) is 29.6. The molecule has 3 atom stereocenters. The zero-order valence-corrected chi connectivity index (χ0v) is 40.4. The third-order valence-corrected chi connectivity index (χ3v) is 12.4. The van der Waals surface area contributed by atoms with Crippen molar-refractivity contribution in [2.75, 3.05) is 6.61 Å². The van der Waals surface area contributed by atoms with E-state index in [2.05, 4.69) is 55.6 Å². The van der Waals surface area contributed by atoms with Gasteiger partial charge in [0.15, 0.2) is 0 Å². The number of hydrogen-bond donors (Lipinski definition) is 4. The molecular weight excluding hydrogens is 739 g/mol. The van der Waals surface area contributed by atoms with Crippen molar-refractivity contribution >= 4 is 5.91 Å². The monoisotopic (exact) mass is 844 g/mol. The van der Waals surface area contributed by atoms with Gasteiger partial charge in [0, 0.05) is 6.42 Å². The summed E-state index contributed by atoms with van der Waals surface area (Å²) in [6.07, 6.45) is 64.3. The molecule has 0 radical (unpaired) electrons. The summed E-state index contributed by atoms with van der Waals surface area (Å²) in [5.41, 5.74) is 0. The fourth-order valence-electron chi connectivity index (χ4n) is 8.29. The van der Waals surface area contributed by atoms with E-state index in [9.17, 15) is 20.1 Å². The fourth-order valence-corrected chi connectivity index (χ4v) is 8.29. The number of nitrogens with one attached hydrogen (secondary N) is 1. The lowest BCUT2D eigenvalue weighted by molar-refractivity contribution is -0.124. The third kappa shape index (κ3) is 44.6. The second-order valence-corrected chi connectivity index (χ2v) is 18.4. The molecular formula is C55H105NO4.